The van der Waals surface area contributed by atoms with Crippen LogP contribution < -0.4 is 4.74 Å². The van der Waals surface area contributed by atoms with Crippen LogP contribution in [0.3, 0.4) is 0 Å². The predicted octanol–water partition coefficient (Wildman–Crippen LogP) is 6.62. The second kappa shape index (κ2) is 11.6. The minimum atomic E-state index is -2.28. The van der Waals surface area contributed by atoms with Crippen molar-refractivity contribution in [1.29, 1.82) is 0 Å². The van der Waals surface area contributed by atoms with Gasteiger partial charge in [0, 0.05) is 35.8 Å². The van der Waals surface area contributed by atoms with Crippen molar-refractivity contribution in [2.45, 2.75) is 69.8 Å². The molecule has 47 heavy (non-hydrogen) atoms. The van der Waals surface area contributed by atoms with Crippen LogP contribution in [0.25, 0.3) is 0 Å². The van der Waals surface area contributed by atoms with Gasteiger partial charge in [0.05, 0.1) is 6.10 Å². The summed E-state index contributed by atoms with van der Waals surface area (Å²) in [4.78, 5) is 32.6. The number of hydrogen-bond acceptors (Lipinski definition) is 7. The Morgan fingerprint density at radius 1 is 1.09 bits per heavy atom. The summed E-state index contributed by atoms with van der Waals surface area (Å²) in [5.41, 5.74) is -4.74. The third-order valence-corrected chi connectivity index (χ3v) is 12.4. The number of nitrogens with zero attached hydrogens (tertiary/aromatic N) is 1. The molecule has 3 saturated carbocycles. The maximum Gasteiger partial charge on any atom is 0.226 e. The second-order valence-corrected chi connectivity index (χ2v) is 14.9. The molecule has 0 amide bonds. The summed E-state index contributed by atoms with van der Waals surface area (Å²) in [6, 6.07) is 12.4. The average Bonchev–Trinajstić information content (AvgIpc) is 3.52. The van der Waals surface area contributed by atoms with E-state index in [1.807, 2.05) is 12.1 Å². The molecule has 11 heteroatoms. The molecule has 0 bridgehead atoms. The van der Waals surface area contributed by atoms with Gasteiger partial charge in [-0.1, -0.05) is 49.0 Å². The second-order valence-electron chi connectivity index (χ2n) is 14.0. The van der Waals surface area contributed by atoms with Crippen molar-refractivity contribution in [3.8, 4) is 5.75 Å². The van der Waals surface area contributed by atoms with E-state index in [0.29, 0.717) is 37.0 Å². The van der Waals surface area contributed by atoms with Gasteiger partial charge in [-0.3, -0.25) is 14.4 Å². The molecule has 6 nitrogen and oxygen atoms in total. The van der Waals surface area contributed by atoms with Gasteiger partial charge in [0.15, 0.2) is 17.1 Å². The van der Waals surface area contributed by atoms with Crippen LogP contribution in [0.15, 0.2) is 72.3 Å². The number of carbonyl (C=O) groups is 2. The molecule has 0 radical (unpaired) electrons. The van der Waals surface area contributed by atoms with Gasteiger partial charge in [0.2, 0.25) is 5.12 Å². The molecule has 2 aromatic rings. The number of benzene rings is 2. The maximum atomic E-state index is 17.6. The minimum Gasteiger partial charge on any atom is -0.489 e. The number of alkyl halides is 3. The molecule has 4 aliphatic carbocycles. The molecule has 9 atom stereocenters. The van der Waals surface area contributed by atoms with E-state index in [-0.39, 0.29) is 30.8 Å². The molecule has 1 N–H and O–H groups in total. The van der Waals surface area contributed by atoms with Crippen LogP contribution in [0.1, 0.15) is 44.2 Å². The number of fused-ring (bicyclic) bond motifs is 7. The summed E-state index contributed by atoms with van der Waals surface area (Å²) >= 11 is 0.511. The van der Waals surface area contributed by atoms with Crippen LogP contribution >= 0.6 is 11.8 Å². The van der Waals surface area contributed by atoms with Crippen molar-refractivity contribution in [3.05, 3.63) is 89.3 Å². The summed E-state index contributed by atoms with van der Waals surface area (Å²) < 4.78 is 66.2. The van der Waals surface area contributed by atoms with Crippen molar-refractivity contribution < 1.29 is 41.8 Å². The lowest BCUT2D eigenvalue weighted by Gasteiger charge is -2.63. The van der Waals surface area contributed by atoms with Crippen LogP contribution in [-0.4, -0.2) is 57.2 Å². The van der Waals surface area contributed by atoms with Crippen LogP contribution in [0.2, 0.25) is 0 Å². The number of hydroxylamine groups is 2. The first-order valence-electron chi connectivity index (χ1n) is 16.0. The molecule has 0 unspecified atom stereocenters. The lowest BCUT2D eigenvalue weighted by molar-refractivity contribution is -0.266. The van der Waals surface area contributed by atoms with Crippen molar-refractivity contribution in [2.24, 2.45) is 28.6 Å². The van der Waals surface area contributed by atoms with E-state index < -0.39 is 69.0 Å². The van der Waals surface area contributed by atoms with Gasteiger partial charge in [-0.2, -0.15) is 5.06 Å². The van der Waals surface area contributed by atoms with Gasteiger partial charge in [-0.05, 0) is 85.2 Å². The van der Waals surface area contributed by atoms with E-state index in [9.17, 15) is 23.5 Å². The van der Waals surface area contributed by atoms with Gasteiger partial charge in [-0.15, -0.1) is 0 Å². The van der Waals surface area contributed by atoms with Crippen LogP contribution in [0, 0.1) is 34.4 Å². The first kappa shape index (κ1) is 32.6. The highest BCUT2D eigenvalue weighted by atomic mass is 32.2. The quantitative estimate of drug-likeness (QED) is 0.332. The number of aliphatic hydroxyl groups is 1. The fourth-order valence-corrected chi connectivity index (χ4v) is 10.3. The molecular formula is C36H37F4NO5S. The third-order valence-electron chi connectivity index (χ3n) is 11.8. The van der Waals surface area contributed by atoms with Crippen LogP contribution in [0.4, 0.5) is 17.6 Å². The summed E-state index contributed by atoms with van der Waals surface area (Å²) in [5.74, 6) is -2.05. The Kier molecular flexibility index (Phi) is 8.01. The first-order chi connectivity index (χ1) is 22.4. The predicted molar refractivity (Wildman–Crippen MR) is 167 cm³/mol. The van der Waals surface area contributed by atoms with E-state index in [2.05, 4.69) is 0 Å². The van der Waals surface area contributed by atoms with E-state index in [0.717, 1.165) is 17.2 Å². The van der Waals surface area contributed by atoms with Crippen LogP contribution in [-0.2, 0) is 27.6 Å². The Labute approximate surface area is 275 Å². The van der Waals surface area contributed by atoms with E-state index in [1.54, 1.807) is 43.2 Å². The highest BCUT2D eigenvalue weighted by Crippen LogP contribution is 2.73. The van der Waals surface area contributed by atoms with Crippen molar-refractivity contribution in [1.82, 2.24) is 5.06 Å². The third kappa shape index (κ3) is 4.78. The van der Waals surface area contributed by atoms with E-state index in [1.165, 1.54) is 24.3 Å². The first-order valence-corrected chi connectivity index (χ1v) is 16.9. The van der Waals surface area contributed by atoms with Gasteiger partial charge in [-0.25, -0.2) is 17.6 Å². The summed E-state index contributed by atoms with van der Waals surface area (Å²) in [7, 11) is 0. The van der Waals surface area contributed by atoms with Crippen LogP contribution in [0.5, 0.6) is 5.75 Å². The Hall–Kier alpha value is -2.99. The van der Waals surface area contributed by atoms with Crippen molar-refractivity contribution >= 4 is 22.7 Å². The molecular weight excluding hydrogens is 634 g/mol. The van der Waals surface area contributed by atoms with Gasteiger partial charge >= 0.3 is 0 Å². The Morgan fingerprint density at radius 2 is 1.79 bits per heavy atom. The highest BCUT2D eigenvalue weighted by Gasteiger charge is 2.79. The number of rotatable bonds is 7. The average molecular weight is 672 g/mol. The van der Waals surface area contributed by atoms with Crippen molar-refractivity contribution in [3.63, 3.8) is 0 Å². The molecule has 5 aliphatic rings. The number of thioether (sulfide) groups is 1. The lowest BCUT2D eigenvalue weighted by Crippen LogP contribution is -2.70. The lowest BCUT2D eigenvalue weighted by atomic mass is 9.44. The maximum absolute atomic E-state index is 17.6. The summed E-state index contributed by atoms with van der Waals surface area (Å²) in [5, 5.41) is 12.9. The number of ether oxygens (including phenoxy) is 1. The molecule has 4 fully saturated rings. The summed E-state index contributed by atoms with van der Waals surface area (Å²) in [6.45, 7) is 4.23. The van der Waals surface area contributed by atoms with Gasteiger partial charge in [0.25, 0.3) is 0 Å². The van der Waals surface area contributed by atoms with Gasteiger partial charge in [0.1, 0.15) is 30.4 Å². The monoisotopic (exact) mass is 671 g/mol. The largest absolute Gasteiger partial charge is 0.489 e. The van der Waals surface area contributed by atoms with E-state index in [4.69, 9.17) is 9.57 Å². The molecule has 250 valence electrons. The topological polar surface area (TPSA) is 76.1 Å². The molecule has 0 aromatic heterocycles. The Bertz CT molecular complexity index is 1640. The zero-order chi connectivity index (χ0) is 33.4. The SMILES string of the molecule is C[C@]12C=CC(=O)C=C1[C@@H](F)C[C@H]1[C@@H]3C[C@H]4CN(Cc5ccc(OCc6ccc(F)cc6)cc5)O[C@@]4(C(=O)SCF)[C@@]3(C)C[C@H](O)[C@@]12F. The standard InChI is InChI=1S/C36H37F4NO5S/c1-33-12-11-25(42)14-29(33)30(39)15-28-27-13-23-18-41(17-21-5-9-26(10-6-21)45-19-22-3-7-24(38)8-4-22)46-36(23,32(44)47-20-37)34(27,2)16-31(43)35(28,33)40/h3-12,14,23,27-28,30-31,43H,13,15-20H2,1-2H3/t23-,27-,28-,30-,31-,33-,34-,35-,36-/m0/s1. The molecule has 1 heterocycles. The fourth-order valence-electron chi connectivity index (χ4n) is 9.55. The van der Waals surface area contributed by atoms with Gasteiger partial charge < -0.3 is 9.84 Å². The van der Waals surface area contributed by atoms with E-state index >= 15 is 8.78 Å². The zero-order valence-electron chi connectivity index (χ0n) is 26.1. The Morgan fingerprint density at radius 3 is 2.49 bits per heavy atom. The zero-order valence-corrected chi connectivity index (χ0v) is 27.0. The normalized spacial score (nSPS) is 39.1. The molecule has 0 spiro atoms. The fraction of sp³-hybridized carbons (Fsp3) is 0.500. The summed E-state index contributed by atoms with van der Waals surface area (Å²) in [6.07, 6.45) is 0.560. The number of hydrogen-bond donors (Lipinski definition) is 1. The number of allylic oxidation sites excluding steroid dienone is 4. The highest BCUT2D eigenvalue weighted by molar-refractivity contribution is 8.13. The number of carbonyl (C=O) groups excluding carboxylic acids is 2. The minimum absolute atomic E-state index is 0.0395. The number of aliphatic hydroxyl groups excluding tert-OH is 1. The molecule has 1 saturated heterocycles. The smallest absolute Gasteiger partial charge is 0.226 e. The molecule has 1 aliphatic heterocycles. The number of halogens is 4. The molecule has 7 rings (SSSR count). The van der Waals surface area contributed by atoms with Crippen molar-refractivity contribution in [2.75, 3.05) is 12.6 Å². The number of ketones is 1. The molecule has 2 aromatic carbocycles. The Balaban J connectivity index is 1.13.